The highest BCUT2D eigenvalue weighted by Gasteiger charge is 2.30. The van der Waals surface area contributed by atoms with Crippen LogP contribution in [0.15, 0.2) is 36.8 Å². The summed E-state index contributed by atoms with van der Waals surface area (Å²) in [4.78, 5) is 21.0. The van der Waals surface area contributed by atoms with E-state index in [9.17, 15) is 5.26 Å². The molecule has 2 atom stereocenters. The Bertz CT molecular complexity index is 1260. The number of aryl methyl sites for hydroxylation is 1. The molecule has 8 heteroatoms. The molecular formula is C27H31N7O. The molecule has 6 rings (SSSR count). The largest absolute Gasteiger partial charge is 0.370 e. The van der Waals surface area contributed by atoms with Gasteiger partial charge in [-0.3, -0.25) is 9.88 Å². The van der Waals surface area contributed by atoms with Crippen LogP contribution in [0.25, 0.3) is 10.9 Å². The third kappa shape index (κ3) is 4.30. The van der Waals surface area contributed by atoms with E-state index in [1.54, 1.807) is 12.5 Å². The van der Waals surface area contributed by atoms with Gasteiger partial charge in [-0.2, -0.15) is 5.26 Å². The minimum absolute atomic E-state index is 0.135. The van der Waals surface area contributed by atoms with Crippen molar-refractivity contribution >= 4 is 22.4 Å². The van der Waals surface area contributed by atoms with Crippen LogP contribution >= 0.6 is 0 Å². The molecule has 2 aromatic heterocycles. The van der Waals surface area contributed by atoms with Crippen LogP contribution in [-0.4, -0.2) is 77.9 Å². The van der Waals surface area contributed by atoms with Crippen molar-refractivity contribution in [1.82, 2.24) is 19.9 Å². The van der Waals surface area contributed by atoms with E-state index in [0.717, 1.165) is 81.1 Å². The molecule has 1 aliphatic carbocycles. The lowest BCUT2D eigenvalue weighted by atomic mass is 10.1. The second kappa shape index (κ2) is 9.40. The number of pyridine rings is 1. The zero-order valence-electron chi connectivity index (χ0n) is 20.2. The van der Waals surface area contributed by atoms with Gasteiger partial charge in [0.25, 0.3) is 0 Å². The second-order valence-electron chi connectivity index (χ2n) is 9.88. The van der Waals surface area contributed by atoms with Crippen LogP contribution in [0.5, 0.6) is 0 Å². The number of hydrogen-bond acceptors (Lipinski definition) is 8. The summed E-state index contributed by atoms with van der Waals surface area (Å²) in [5.41, 5.74) is 5.14. The normalized spacial score (nSPS) is 22.9. The lowest BCUT2D eigenvalue weighted by Gasteiger charge is -2.42. The number of aromatic nitrogens is 3. The van der Waals surface area contributed by atoms with Gasteiger partial charge in [0.15, 0.2) is 0 Å². The molecule has 0 N–H and O–H groups in total. The fraction of sp³-hybridized carbons (Fsp3) is 0.481. The monoisotopic (exact) mass is 469 g/mol. The van der Waals surface area contributed by atoms with Gasteiger partial charge >= 0.3 is 0 Å². The summed E-state index contributed by atoms with van der Waals surface area (Å²) in [6, 6.07) is 10.2. The summed E-state index contributed by atoms with van der Waals surface area (Å²) < 4.78 is 6.38. The Balaban J connectivity index is 1.13. The summed E-state index contributed by atoms with van der Waals surface area (Å²) in [5.74, 6) is 1.15. The first kappa shape index (κ1) is 22.2. The van der Waals surface area contributed by atoms with Crippen LogP contribution in [0.1, 0.15) is 30.2 Å². The van der Waals surface area contributed by atoms with E-state index in [2.05, 4.69) is 54.8 Å². The summed E-state index contributed by atoms with van der Waals surface area (Å²) in [7, 11) is 0. The Morgan fingerprint density at radius 2 is 1.91 bits per heavy atom. The number of fused-ring (bicyclic) bond motifs is 2. The Kier molecular flexibility index (Phi) is 5.96. The van der Waals surface area contributed by atoms with Crippen LogP contribution in [0, 0.1) is 11.3 Å². The molecule has 3 aliphatic rings. The van der Waals surface area contributed by atoms with Gasteiger partial charge in [0.05, 0.1) is 23.3 Å². The van der Waals surface area contributed by atoms with Gasteiger partial charge in [-0.1, -0.05) is 0 Å². The van der Waals surface area contributed by atoms with Crippen LogP contribution < -0.4 is 9.80 Å². The smallest absolute Gasteiger partial charge is 0.135 e. The zero-order valence-corrected chi connectivity index (χ0v) is 20.2. The van der Waals surface area contributed by atoms with Gasteiger partial charge in [0.2, 0.25) is 0 Å². The number of rotatable bonds is 4. The maximum Gasteiger partial charge on any atom is 0.135 e. The molecule has 3 aromatic rings. The van der Waals surface area contributed by atoms with Crippen molar-refractivity contribution in [2.75, 3.05) is 55.6 Å². The van der Waals surface area contributed by atoms with E-state index in [1.165, 1.54) is 17.7 Å². The molecule has 180 valence electrons. The Labute approximate surface area is 206 Å². The highest BCUT2D eigenvalue weighted by molar-refractivity contribution is 5.95. The zero-order chi connectivity index (χ0) is 23.8. The Morgan fingerprint density at radius 1 is 1.03 bits per heavy atom. The number of ether oxygens (including phenoxy) is 1. The van der Waals surface area contributed by atoms with E-state index >= 15 is 0 Å². The van der Waals surface area contributed by atoms with Crippen LogP contribution in [-0.2, 0) is 17.6 Å². The standard InChI is InChI=1S/C27H31N7O/c1-19-15-34(25-8-7-20(14-28)26-23(25)5-3-9-29-26)17-21(35-19)16-32-10-12-33(13-11-32)27-22-4-2-6-24(22)30-18-31-27/h3,5,7-9,18-19,21H,2,4,6,10-13,15-17H2,1H3/t19-,21+/m1/s1. The van der Waals surface area contributed by atoms with Crippen LogP contribution in [0.2, 0.25) is 0 Å². The summed E-state index contributed by atoms with van der Waals surface area (Å²) in [5, 5.41) is 10.5. The maximum absolute atomic E-state index is 9.50. The first-order valence-electron chi connectivity index (χ1n) is 12.7. The maximum atomic E-state index is 9.50. The van der Waals surface area contributed by atoms with E-state index in [1.807, 2.05) is 12.1 Å². The van der Waals surface area contributed by atoms with Crippen molar-refractivity contribution in [3.8, 4) is 6.07 Å². The van der Waals surface area contributed by atoms with Gasteiger partial charge in [-0.05, 0) is 50.5 Å². The van der Waals surface area contributed by atoms with Gasteiger partial charge in [-0.15, -0.1) is 0 Å². The highest BCUT2D eigenvalue weighted by Crippen LogP contribution is 2.31. The number of anilines is 2. The molecule has 8 nitrogen and oxygen atoms in total. The van der Waals surface area contributed by atoms with E-state index in [4.69, 9.17) is 4.74 Å². The summed E-state index contributed by atoms with van der Waals surface area (Å²) in [6.07, 6.45) is 7.15. The Morgan fingerprint density at radius 3 is 2.77 bits per heavy atom. The lowest BCUT2D eigenvalue weighted by molar-refractivity contribution is -0.0327. The van der Waals surface area contributed by atoms with Crippen LogP contribution in [0.3, 0.4) is 0 Å². The topological polar surface area (TPSA) is 81.4 Å². The first-order valence-corrected chi connectivity index (χ1v) is 12.7. The van der Waals surface area contributed by atoms with Gasteiger partial charge in [-0.25, -0.2) is 9.97 Å². The number of nitrogens with zero attached hydrogens (tertiary/aromatic N) is 7. The minimum Gasteiger partial charge on any atom is -0.370 e. The SMILES string of the molecule is C[C@@H]1CN(c2ccc(C#N)c3ncccc23)C[C@H](CN2CCN(c3ncnc4c3CCC4)CC2)O1. The number of hydrogen-bond donors (Lipinski definition) is 0. The fourth-order valence-corrected chi connectivity index (χ4v) is 5.91. The molecule has 2 fully saturated rings. The van der Waals surface area contributed by atoms with Crippen molar-refractivity contribution in [3.05, 3.63) is 53.6 Å². The van der Waals surface area contributed by atoms with E-state index < -0.39 is 0 Å². The summed E-state index contributed by atoms with van der Waals surface area (Å²) in [6.45, 7) is 8.73. The van der Waals surface area contributed by atoms with Gasteiger partial charge in [0, 0.05) is 74.3 Å². The van der Waals surface area contributed by atoms with Crippen molar-refractivity contribution in [2.24, 2.45) is 0 Å². The number of piperazine rings is 1. The van der Waals surface area contributed by atoms with Crippen LogP contribution in [0.4, 0.5) is 11.5 Å². The molecule has 0 amide bonds. The second-order valence-corrected chi connectivity index (χ2v) is 9.88. The molecule has 1 aromatic carbocycles. The predicted molar refractivity (Wildman–Crippen MR) is 136 cm³/mol. The molecule has 0 saturated carbocycles. The van der Waals surface area contributed by atoms with Crippen molar-refractivity contribution in [3.63, 3.8) is 0 Å². The molecule has 0 unspecified atom stereocenters. The van der Waals surface area contributed by atoms with E-state index in [-0.39, 0.29) is 12.2 Å². The molecule has 2 saturated heterocycles. The third-order valence-corrected chi connectivity index (χ3v) is 7.52. The highest BCUT2D eigenvalue weighted by atomic mass is 16.5. The number of morpholine rings is 1. The molecule has 0 bridgehead atoms. The van der Waals surface area contributed by atoms with Crippen molar-refractivity contribution in [2.45, 2.75) is 38.4 Å². The minimum atomic E-state index is 0.135. The first-order chi connectivity index (χ1) is 17.2. The van der Waals surface area contributed by atoms with E-state index in [0.29, 0.717) is 5.56 Å². The molecule has 35 heavy (non-hydrogen) atoms. The predicted octanol–water partition coefficient (Wildman–Crippen LogP) is 2.80. The number of benzene rings is 1. The van der Waals surface area contributed by atoms with Gasteiger partial charge < -0.3 is 14.5 Å². The van der Waals surface area contributed by atoms with Gasteiger partial charge in [0.1, 0.15) is 18.2 Å². The number of nitriles is 1. The fourth-order valence-electron chi connectivity index (χ4n) is 5.91. The quantitative estimate of drug-likeness (QED) is 0.577. The van der Waals surface area contributed by atoms with Crippen molar-refractivity contribution in [1.29, 1.82) is 5.26 Å². The Hall–Kier alpha value is -3.28. The molecule has 0 radical (unpaired) electrons. The average molecular weight is 470 g/mol. The molecule has 0 spiro atoms. The third-order valence-electron chi connectivity index (χ3n) is 7.52. The average Bonchev–Trinajstić information content (AvgIpc) is 3.37. The molecular weight excluding hydrogens is 438 g/mol. The van der Waals surface area contributed by atoms with Crippen molar-refractivity contribution < 1.29 is 4.74 Å². The molecule has 2 aliphatic heterocycles. The lowest BCUT2D eigenvalue weighted by Crippen LogP contribution is -2.54. The summed E-state index contributed by atoms with van der Waals surface area (Å²) >= 11 is 0. The molecule has 4 heterocycles.